The zero-order valence-corrected chi connectivity index (χ0v) is 16.0. The van der Waals surface area contributed by atoms with Crippen molar-refractivity contribution in [2.24, 2.45) is 4.99 Å². The number of fused-ring (bicyclic) bond motifs is 1. The lowest BCUT2D eigenvalue weighted by molar-refractivity contribution is 0.124. The van der Waals surface area contributed by atoms with Gasteiger partial charge in [-0.25, -0.2) is 13.8 Å². The minimum Gasteiger partial charge on any atom is -0.495 e. The van der Waals surface area contributed by atoms with Gasteiger partial charge < -0.3 is 20.1 Å². The summed E-state index contributed by atoms with van der Waals surface area (Å²) in [6.07, 6.45) is 1.37. The number of nitrogens with zero attached hydrogens (tertiary/aromatic N) is 2. The topological polar surface area (TPSA) is 57.1 Å². The van der Waals surface area contributed by atoms with Crippen LogP contribution in [0.4, 0.5) is 14.5 Å². The number of hydrogen-bond acceptors (Lipinski definition) is 6. The van der Waals surface area contributed by atoms with Crippen LogP contribution in [0.1, 0.15) is 11.1 Å². The monoisotopic (exact) mass is 403 g/mol. The molecule has 0 aliphatic carbocycles. The van der Waals surface area contributed by atoms with Crippen molar-refractivity contribution in [2.45, 2.75) is 24.1 Å². The summed E-state index contributed by atoms with van der Waals surface area (Å²) in [5.74, 6) is 0.350. The van der Waals surface area contributed by atoms with E-state index >= 15 is 0 Å². The molecule has 1 atom stereocenters. The van der Waals surface area contributed by atoms with Gasteiger partial charge in [0.2, 0.25) is 12.2 Å². The van der Waals surface area contributed by atoms with Gasteiger partial charge in [-0.2, -0.15) is 0 Å². The van der Waals surface area contributed by atoms with Gasteiger partial charge in [0.15, 0.2) is 5.76 Å². The van der Waals surface area contributed by atoms with Gasteiger partial charge in [-0.1, -0.05) is 6.07 Å². The molecule has 1 unspecified atom stereocenters. The highest BCUT2D eigenvalue weighted by Gasteiger charge is 2.25. The maximum absolute atomic E-state index is 13.6. The maximum atomic E-state index is 13.6. The van der Waals surface area contributed by atoms with Crippen molar-refractivity contribution in [3.63, 3.8) is 0 Å². The van der Waals surface area contributed by atoms with Crippen LogP contribution in [0.25, 0.3) is 0 Å². The number of guanidine groups is 1. The van der Waals surface area contributed by atoms with E-state index in [0.29, 0.717) is 11.5 Å². The Hall–Kier alpha value is -2.58. The minimum absolute atomic E-state index is 0.157. The minimum atomic E-state index is -1.15. The molecule has 0 spiro atoms. The summed E-state index contributed by atoms with van der Waals surface area (Å²) in [6, 6.07) is 9.35. The van der Waals surface area contributed by atoms with Gasteiger partial charge in [0.05, 0.1) is 13.7 Å². The maximum Gasteiger partial charge on any atom is 0.208 e. The summed E-state index contributed by atoms with van der Waals surface area (Å²) >= 11 is 1.80. The van der Waals surface area contributed by atoms with Crippen LogP contribution in [0.15, 0.2) is 58.2 Å². The van der Waals surface area contributed by atoms with E-state index in [1.54, 1.807) is 22.9 Å². The highest BCUT2D eigenvalue weighted by atomic mass is 32.2. The number of rotatable bonds is 4. The number of benzene rings is 2. The molecule has 2 N–H and O–H groups in total. The third kappa shape index (κ3) is 3.83. The molecule has 4 rings (SSSR count). The first-order valence-corrected chi connectivity index (χ1v) is 9.77. The Bertz CT molecular complexity index is 944. The van der Waals surface area contributed by atoms with Gasteiger partial charge >= 0.3 is 0 Å². The van der Waals surface area contributed by atoms with Crippen LogP contribution in [0.3, 0.4) is 0 Å². The SMILES string of the molecule is COC1=CN(Cc2cc(F)cc(F)c2)C(Nc2cccc3c2CCS3)=NC1O. The molecule has 0 saturated heterocycles. The summed E-state index contributed by atoms with van der Waals surface area (Å²) < 4.78 is 32.4. The first-order chi connectivity index (χ1) is 13.5. The van der Waals surface area contributed by atoms with E-state index in [9.17, 15) is 13.9 Å². The predicted octanol–water partition coefficient (Wildman–Crippen LogP) is 3.70. The molecule has 2 aliphatic heterocycles. The van der Waals surface area contributed by atoms with Crippen LogP contribution >= 0.6 is 11.8 Å². The normalized spacial score (nSPS) is 18.4. The lowest BCUT2D eigenvalue weighted by Gasteiger charge is -2.29. The van der Waals surface area contributed by atoms with Crippen LogP contribution in [0, 0.1) is 11.6 Å². The first kappa shape index (κ1) is 18.8. The van der Waals surface area contributed by atoms with Crippen LogP contribution < -0.4 is 5.32 Å². The number of aliphatic hydroxyl groups is 1. The Labute approximate surface area is 165 Å². The average Bonchev–Trinajstić information content (AvgIpc) is 3.13. The van der Waals surface area contributed by atoms with E-state index in [-0.39, 0.29) is 12.3 Å². The van der Waals surface area contributed by atoms with Gasteiger partial charge in [-0.15, -0.1) is 11.8 Å². The lowest BCUT2D eigenvalue weighted by atomic mass is 10.1. The Morgan fingerprint density at radius 2 is 2.07 bits per heavy atom. The molecule has 28 heavy (non-hydrogen) atoms. The molecule has 5 nitrogen and oxygen atoms in total. The van der Waals surface area contributed by atoms with E-state index in [1.165, 1.54) is 29.7 Å². The van der Waals surface area contributed by atoms with Crippen LogP contribution in [-0.2, 0) is 17.7 Å². The Morgan fingerprint density at radius 1 is 1.29 bits per heavy atom. The summed E-state index contributed by atoms with van der Waals surface area (Å²) in [5, 5.41) is 13.5. The second-order valence-electron chi connectivity index (χ2n) is 6.47. The fourth-order valence-electron chi connectivity index (χ4n) is 3.28. The average molecular weight is 403 g/mol. The number of ether oxygens (including phenoxy) is 1. The molecule has 0 bridgehead atoms. The lowest BCUT2D eigenvalue weighted by Crippen LogP contribution is -2.38. The molecule has 0 fully saturated rings. The third-order valence-electron chi connectivity index (χ3n) is 4.55. The van der Waals surface area contributed by atoms with E-state index < -0.39 is 17.9 Å². The van der Waals surface area contributed by atoms with Crippen LogP contribution in [0.5, 0.6) is 0 Å². The number of aliphatic imine (C=N–C) groups is 1. The molecule has 8 heteroatoms. The number of hydrogen-bond donors (Lipinski definition) is 2. The summed E-state index contributed by atoms with van der Waals surface area (Å²) in [4.78, 5) is 7.16. The van der Waals surface area contributed by atoms with Gasteiger partial charge in [0, 0.05) is 28.6 Å². The zero-order valence-electron chi connectivity index (χ0n) is 15.2. The Morgan fingerprint density at radius 3 is 2.82 bits per heavy atom. The number of thioether (sulfide) groups is 1. The van der Waals surface area contributed by atoms with Crippen molar-refractivity contribution < 1.29 is 18.6 Å². The van der Waals surface area contributed by atoms with Crippen molar-refractivity contribution in [1.29, 1.82) is 0 Å². The van der Waals surface area contributed by atoms with Gasteiger partial charge in [-0.3, -0.25) is 0 Å². The molecule has 2 heterocycles. The fourth-order valence-corrected chi connectivity index (χ4v) is 4.36. The molecule has 2 aliphatic rings. The van der Waals surface area contributed by atoms with E-state index in [2.05, 4.69) is 16.4 Å². The van der Waals surface area contributed by atoms with Gasteiger partial charge in [0.25, 0.3) is 0 Å². The third-order valence-corrected chi connectivity index (χ3v) is 5.66. The fraction of sp³-hybridized carbons (Fsp3) is 0.250. The van der Waals surface area contributed by atoms with Crippen LogP contribution in [-0.4, -0.2) is 35.1 Å². The van der Waals surface area contributed by atoms with Crippen molar-refractivity contribution in [3.05, 3.63) is 71.1 Å². The first-order valence-electron chi connectivity index (χ1n) is 8.78. The molecule has 146 valence electrons. The summed E-state index contributed by atoms with van der Waals surface area (Å²) in [5.41, 5.74) is 2.53. The van der Waals surface area contributed by atoms with Crippen molar-refractivity contribution in [1.82, 2.24) is 4.90 Å². The molecular formula is C20H19F2N3O2S. The predicted molar refractivity (Wildman–Crippen MR) is 105 cm³/mol. The second kappa shape index (κ2) is 7.81. The quantitative estimate of drug-likeness (QED) is 0.815. The summed E-state index contributed by atoms with van der Waals surface area (Å²) in [7, 11) is 1.43. The molecular weight excluding hydrogens is 384 g/mol. The standard InChI is InChI=1S/C20H19F2N3O2S/c1-27-17-11-25(10-12-7-13(21)9-14(22)8-12)20(24-19(17)26)23-16-3-2-4-18-15(16)5-6-28-18/h2-4,7-9,11,19,26H,5-6,10H2,1H3,(H,23,24). The van der Waals surface area contributed by atoms with E-state index in [0.717, 1.165) is 23.9 Å². The zero-order chi connectivity index (χ0) is 19.7. The highest BCUT2D eigenvalue weighted by Crippen LogP contribution is 2.36. The van der Waals surface area contributed by atoms with Crippen molar-refractivity contribution in [2.75, 3.05) is 18.2 Å². The smallest absolute Gasteiger partial charge is 0.208 e. The van der Waals surface area contributed by atoms with Gasteiger partial charge in [0.1, 0.15) is 11.6 Å². The number of nitrogens with one attached hydrogen (secondary N) is 1. The highest BCUT2D eigenvalue weighted by molar-refractivity contribution is 7.99. The number of anilines is 1. The Kier molecular flexibility index (Phi) is 5.23. The molecule has 2 aromatic carbocycles. The van der Waals surface area contributed by atoms with E-state index in [1.807, 2.05) is 12.1 Å². The number of halogens is 2. The summed E-state index contributed by atoms with van der Waals surface area (Å²) in [6.45, 7) is 0.157. The Balaban J connectivity index is 1.64. The van der Waals surface area contributed by atoms with E-state index in [4.69, 9.17) is 4.74 Å². The molecule has 0 amide bonds. The molecule has 0 aromatic heterocycles. The second-order valence-corrected chi connectivity index (χ2v) is 7.61. The van der Waals surface area contributed by atoms with Crippen molar-refractivity contribution in [3.8, 4) is 0 Å². The number of aliphatic hydroxyl groups excluding tert-OH is 1. The van der Waals surface area contributed by atoms with Crippen LogP contribution in [0.2, 0.25) is 0 Å². The molecule has 0 radical (unpaired) electrons. The van der Waals surface area contributed by atoms with Gasteiger partial charge in [-0.05, 0) is 41.8 Å². The number of methoxy groups -OCH3 is 1. The largest absolute Gasteiger partial charge is 0.495 e. The molecule has 2 aromatic rings. The molecule has 0 saturated carbocycles. The van der Waals surface area contributed by atoms with Crippen molar-refractivity contribution >= 4 is 23.4 Å².